The summed E-state index contributed by atoms with van der Waals surface area (Å²) in [6.45, 7) is 1.82. The van der Waals surface area contributed by atoms with Crippen LogP contribution in [-0.2, 0) is 0 Å². The van der Waals surface area contributed by atoms with E-state index >= 15 is 0 Å². The van der Waals surface area contributed by atoms with E-state index in [0.717, 1.165) is 42.1 Å². The van der Waals surface area contributed by atoms with Crippen molar-refractivity contribution in [2.45, 2.75) is 12.5 Å². The van der Waals surface area contributed by atoms with E-state index in [4.69, 9.17) is 20.2 Å². The van der Waals surface area contributed by atoms with Gasteiger partial charge < -0.3 is 24.5 Å². The fraction of sp³-hybridized carbons (Fsp3) is 0.300. The molecule has 2 N–H and O–H groups in total. The first-order valence-corrected chi connectivity index (χ1v) is 8.78. The van der Waals surface area contributed by atoms with Crippen LogP contribution in [0.5, 0.6) is 11.5 Å². The summed E-state index contributed by atoms with van der Waals surface area (Å²) < 4.78 is 12.7. The molecule has 1 aromatic carbocycles. The molecular weight excluding hydrogens is 413 g/mol. The van der Waals surface area contributed by atoms with Crippen LogP contribution in [0, 0.1) is 11.3 Å². The van der Waals surface area contributed by atoms with Gasteiger partial charge >= 0.3 is 0 Å². The number of ether oxygens (including phenoxy) is 2. The van der Waals surface area contributed by atoms with E-state index < -0.39 is 0 Å². The largest absolute Gasteiger partial charge is 0.496 e. The van der Waals surface area contributed by atoms with Gasteiger partial charge in [-0.25, -0.2) is 4.98 Å². The van der Waals surface area contributed by atoms with Gasteiger partial charge in [0, 0.05) is 54.9 Å². The molecule has 4 rings (SSSR count). The number of nitrogens with zero attached hydrogens (tertiary/aromatic N) is 4. The number of hydrogen-bond acceptors (Lipinski definition) is 6. The number of nitriles is 1. The molecule has 29 heavy (non-hydrogen) atoms. The summed E-state index contributed by atoms with van der Waals surface area (Å²) in [7, 11) is 3.13. The third kappa shape index (κ3) is 4.20. The van der Waals surface area contributed by atoms with E-state index in [9.17, 15) is 5.26 Å². The number of nitrogens with two attached hydrogens (primary N) is 1. The van der Waals surface area contributed by atoms with Crippen molar-refractivity contribution in [2.24, 2.45) is 5.73 Å². The lowest BCUT2D eigenvalue weighted by Crippen LogP contribution is -2.26. The summed E-state index contributed by atoms with van der Waals surface area (Å²) in [6.07, 6.45) is 4.93. The molecule has 0 bridgehead atoms. The van der Waals surface area contributed by atoms with Crippen LogP contribution in [0.1, 0.15) is 12.0 Å². The number of rotatable bonds is 4. The molecule has 2 aromatic heterocycles. The van der Waals surface area contributed by atoms with Gasteiger partial charge in [-0.2, -0.15) is 5.26 Å². The van der Waals surface area contributed by atoms with Crippen molar-refractivity contribution in [1.82, 2.24) is 9.38 Å². The Morgan fingerprint density at radius 2 is 1.93 bits per heavy atom. The molecular formula is C20H23Cl2N5O2. The minimum atomic E-state index is 0. The average molecular weight is 436 g/mol. The summed E-state index contributed by atoms with van der Waals surface area (Å²) in [5, 5.41) is 9.39. The number of halogens is 2. The van der Waals surface area contributed by atoms with E-state index in [1.165, 1.54) is 7.11 Å². The molecule has 0 radical (unpaired) electrons. The van der Waals surface area contributed by atoms with Crippen molar-refractivity contribution in [1.29, 1.82) is 5.26 Å². The molecule has 1 aliphatic heterocycles. The highest BCUT2D eigenvalue weighted by atomic mass is 35.5. The Labute approximate surface area is 181 Å². The molecule has 9 heteroatoms. The van der Waals surface area contributed by atoms with E-state index in [1.807, 2.05) is 16.8 Å². The van der Waals surface area contributed by atoms with Crippen molar-refractivity contribution in [3.8, 4) is 28.8 Å². The van der Waals surface area contributed by atoms with Crippen molar-refractivity contribution in [2.75, 3.05) is 32.2 Å². The number of methoxy groups -OCH3 is 2. The molecule has 1 atom stereocenters. The van der Waals surface area contributed by atoms with Crippen LogP contribution in [0.3, 0.4) is 0 Å². The Morgan fingerprint density at radius 3 is 2.55 bits per heavy atom. The van der Waals surface area contributed by atoms with Gasteiger partial charge in [0.25, 0.3) is 0 Å². The molecule has 1 saturated heterocycles. The predicted molar refractivity (Wildman–Crippen MR) is 118 cm³/mol. The monoisotopic (exact) mass is 435 g/mol. The van der Waals surface area contributed by atoms with Gasteiger partial charge in [-0.1, -0.05) is 0 Å². The summed E-state index contributed by atoms with van der Waals surface area (Å²) in [4.78, 5) is 7.03. The zero-order chi connectivity index (χ0) is 19.0. The van der Waals surface area contributed by atoms with Crippen molar-refractivity contribution in [3.63, 3.8) is 0 Å². The fourth-order valence-corrected chi connectivity index (χ4v) is 3.51. The number of pyridine rings is 1. The summed E-state index contributed by atoms with van der Waals surface area (Å²) in [5.41, 5.74) is 9.91. The Morgan fingerprint density at radius 1 is 1.17 bits per heavy atom. The van der Waals surface area contributed by atoms with Crippen LogP contribution in [0.4, 0.5) is 5.69 Å². The summed E-state index contributed by atoms with van der Waals surface area (Å²) in [5.74, 6) is 1.09. The first-order chi connectivity index (χ1) is 13.1. The van der Waals surface area contributed by atoms with Gasteiger partial charge in [0.1, 0.15) is 23.2 Å². The van der Waals surface area contributed by atoms with Crippen LogP contribution >= 0.6 is 24.8 Å². The van der Waals surface area contributed by atoms with E-state index in [1.54, 1.807) is 19.2 Å². The highest BCUT2D eigenvalue weighted by molar-refractivity contribution is 5.85. The molecule has 1 aliphatic rings. The molecule has 0 saturated carbocycles. The first kappa shape index (κ1) is 22.6. The van der Waals surface area contributed by atoms with Crippen molar-refractivity contribution in [3.05, 3.63) is 42.2 Å². The summed E-state index contributed by atoms with van der Waals surface area (Å²) >= 11 is 0. The second kappa shape index (κ2) is 9.23. The van der Waals surface area contributed by atoms with Crippen LogP contribution < -0.4 is 20.1 Å². The molecule has 154 valence electrons. The maximum atomic E-state index is 9.39. The Kier molecular flexibility index (Phi) is 7.20. The molecule has 3 aromatic rings. The molecule has 3 heterocycles. The number of aromatic nitrogens is 2. The lowest BCUT2D eigenvalue weighted by molar-refractivity contribution is 0.394. The van der Waals surface area contributed by atoms with Crippen LogP contribution in [0.25, 0.3) is 16.9 Å². The number of imidazole rings is 1. The summed E-state index contributed by atoms with van der Waals surface area (Å²) in [6, 6.07) is 9.98. The van der Waals surface area contributed by atoms with Crippen LogP contribution in [0.2, 0.25) is 0 Å². The zero-order valence-electron chi connectivity index (χ0n) is 16.2. The SMILES string of the molecule is COc1cc(OC)c(-c2cn3ccc(N4CCC(N)C4)cc3n2)cc1C#N.Cl.Cl. The first-order valence-electron chi connectivity index (χ1n) is 8.78. The number of fused-ring (bicyclic) bond motifs is 1. The average Bonchev–Trinajstić information content (AvgIpc) is 3.32. The maximum Gasteiger partial charge on any atom is 0.140 e. The minimum absolute atomic E-state index is 0. The normalized spacial score (nSPS) is 15.4. The fourth-order valence-electron chi connectivity index (χ4n) is 3.51. The predicted octanol–water partition coefficient (Wildman–Crippen LogP) is 3.27. The number of hydrogen-bond donors (Lipinski definition) is 1. The number of benzene rings is 1. The van der Waals surface area contributed by atoms with Crippen LogP contribution in [0.15, 0.2) is 36.7 Å². The molecule has 0 aliphatic carbocycles. The minimum Gasteiger partial charge on any atom is -0.496 e. The third-order valence-electron chi connectivity index (χ3n) is 4.95. The lowest BCUT2D eigenvalue weighted by Gasteiger charge is -2.17. The van der Waals surface area contributed by atoms with Gasteiger partial charge in [0.05, 0.1) is 25.5 Å². The second-order valence-electron chi connectivity index (χ2n) is 6.64. The number of anilines is 1. The molecule has 7 nitrogen and oxygen atoms in total. The van der Waals surface area contributed by atoms with E-state index in [0.29, 0.717) is 17.1 Å². The van der Waals surface area contributed by atoms with E-state index in [-0.39, 0.29) is 30.9 Å². The Bertz CT molecular complexity index is 1050. The van der Waals surface area contributed by atoms with E-state index in [2.05, 4.69) is 23.1 Å². The standard InChI is InChI=1S/C20H21N5O2.2ClH/c1-26-18-9-19(27-2)16(7-13(18)10-21)17-12-25-6-4-15(8-20(25)23-17)24-5-3-14(22)11-24;;/h4,6-9,12,14H,3,5,11,22H2,1-2H3;2*1H. The second-order valence-corrected chi connectivity index (χ2v) is 6.64. The van der Waals surface area contributed by atoms with Gasteiger partial charge in [0.15, 0.2) is 0 Å². The van der Waals surface area contributed by atoms with Gasteiger partial charge in [0.2, 0.25) is 0 Å². The highest BCUT2D eigenvalue weighted by Gasteiger charge is 2.20. The quantitative estimate of drug-likeness (QED) is 0.676. The topological polar surface area (TPSA) is 88.8 Å². The van der Waals surface area contributed by atoms with Gasteiger partial charge in [-0.3, -0.25) is 0 Å². The van der Waals surface area contributed by atoms with Gasteiger partial charge in [-0.05, 0) is 18.6 Å². The maximum absolute atomic E-state index is 9.39. The third-order valence-corrected chi connectivity index (χ3v) is 4.95. The highest BCUT2D eigenvalue weighted by Crippen LogP contribution is 2.35. The Balaban J connectivity index is 0.00000150. The lowest BCUT2D eigenvalue weighted by atomic mass is 10.1. The molecule has 0 spiro atoms. The smallest absolute Gasteiger partial charge is 0.140 e. The zero-order valence-corrected chi connectivity index (χ0v) is 17.8. The Hall–Kier alpha value is -2.66. The molecule has 1 unspecified atom stereocenters. The van der Waals surface area contributed by atoms with Gasteiger partial charge in [-0.15, -0.1) is 24.8 Å². The van der Waals surface area contributed by atoms with Crippen molar-refractivity contribution < 1.29 is 9.47 Å². The van der Waals surface area contributed by atoms with Crippen molar-refractivity contribution >= 4 is 36.1 Å². The molecule has 0 amide bonds. The van der Waals surface area contributed by atoms with Crippen LogP contribution in [-0.4, -0.2) is 42.7 Å². The molecule has 1 fully saturated rings.